The molecule has 1 saturated heterocycles. The number of carbonyl (C=O) groups excluding carboxylic acids is 1. The number of morpholine rings is 1. The number of aromatic nitrogens is 3. The van der Waals surface area contributed by atoms with Crippen LogP contribution >= 0.6 is 0 Å². The van der Waals surface area contributed by atoms with E-state index in [0.29, 0.717) is 31.2 Å². The number of imidazole rings is 1. The van der Waals surface area contributed by atoms with Crippen molar-refractivity contribution in [1.82, 2.24) is 25.2 Å². The molecule has 7 heteroatoms. The number of pyridine rings is 1. The first-order valence-electron chi connectivity index (χ1n) is 7.17. The van der Waals surface area contributed by atoms with Gasteiger partial charge in [0.05, 0.1) is 18.7 Å². The van der Waals surface area contributed by atoms with Gasteiger partial charge in [-0.05, 0) is 18.7 Å². The second-order valence-corrected chi connectivity index (χ2v) is 5.03. The fraction of sp³-hybridized carbons (Fsp3) is 0.500. The van der Waals surface area contributed by atoms with Crippen molar-refractivity contribution in [3.8, 4) is 0 Å². The number of amides is 1. The molecule has 0 radical (unpaired) electrons. The Hall–Kier alpha value is -1.99. The number of likely N-dealkylation sites (N-methyl/N-ethyl adjacent to an activating group) is 1. The zero-order valence-corrected chi connectivity index (χ0v) is 12.0. The summed E-state index contributed by atoms with van der Waals surface area (Å²) in [6.45, 7) is 5.49. The number of H-pyrrole nitrogens is 1. The van der Waals surface area contributed by atoms with Crippen LogP contribution in [0.15, 0.2) is 18.3 Å². The van der Waals surface area contributed by atoms with Crippen LogP contribution in [0.2, 0.25) is 0 Å². The highest BCUT2D eigenvalue weighted by atomic mass is 16.5. The minimum absolute atomic E-state index is 0.0958. The Kier molecular flexibility index (Phi) is 4.12. The standard InChI is InChI=1S/C14H19N5O2/c1-2-19-6-7-21-11(9-19)14(20)16-8-12-17-10-4-3-5-15-13(10)18-12/h3-5,11H,2,6-9H2,1H3,(H,16,20)(H,15,17,18). The van der Waals surface area contributed by atoms with Crippen LogP contribution in [0.1, 0.15) is 12.7 Å². The van der Waals surface area contributed by atoms with E-state index in [1.807, 2.05) is 12.1 Å². The molecule has 1 amide bonds. The van der Waals surface area contributed by atoms with Crippen LogP contribution in [0.5, 0.6) is 0 Å². The Balaban J connectivity index is 1.57. The molecule has 2 aromatic rings. The van der Waals surface area contributed by atoms with Gasteiger partial charge < -0.3 is 15.0 Å². The summed E-state index contributed by atoms with van der Waals surface area (Å²) in [5.74, 6) is 0.599. The van der Waals surface area contributed by atoms with Gasteiger partial charge in [-0.25, -0.2) is 9.97 Å². The zero-order chi connectivity index (χ0) is 14.7. The smallest absolute Gasteiger partial charge is 0.250 e. The molecule has 0 spiro atoms. The monoisotopic (exact) mass is 289 g/mol. The number of hydrogen-bond acceptors (Lipinski definition) is 5. The van der Waals surface area contributed by atoms with Gasteiger partial charge in [-0.1, -0.05) is 6.92 Å². The number of aromatic amines is 1. The van der Waals surface area contributed by atoms with Gasteiger partial charge in [0.1, 0.15) is 11.9 Å². The van der Waals surface area contributed by atoms with E-state index in [-0.39, 0.29) is 5.91 Å². The number of carbonyl (C=O) groups is 1. The van der Waals surface area contributed by atoms with E-state index < -0.39 is 6.10 Å². The molecule has 0 aliphatic carbocycles. The zero-order valence-electron chi connectivity index (χ0n) is 12.0. The molecule has 1 unspecified atom stereocenters. The minimum Gasteiger partial charge on any atom is -0.366 e. The quantitative estimate of drug-likeness (QED) is 0.845. The molecule has 0 saturated carbocycles. The lowest BCUT2D eigenvalue weighted by Crippen LogP contribution is -2.49. The Morgan fingerprint density at radius 2 is 2.52 bits per heavy atom. The number of fused-ring (bicyclic) bond motifs is 1. The third kappa shape index (κ3) is 3.20. The number of nitrogens with zero attached hydrogens (tertiary/aromatic N) is 3. The lowest BCUT2D eigenvalue weighted by molar-refractivity contribution is -0.138. The Bertz CT molecular complexity index is 594. The molecule has 0 bridgehead atoms. The van der Waals surface area contributed by atoms with Gasteiger partial charge in [0.15, 0.2) is 5.65 Å². The number of hydrogen-bond donors (Lipinski definition) is 2. The van der Waals surface area contributed by atoms with Crippen LogP contribution in [0.25, 0.3) is 11.2 Å². The first-order valence-corrected chi connectivity index (χ1v) is 7.17. The molecular formula is C14H19N5O2. The van der Waals surface area contributed by atoms with Crippen molar-refractivity contribution in [2.45, 2.75) is 19.6 Å². The van der Waals surface area contributed by atoms with Gasteiger partial charge in [0, 0.05) is 19.3 Å². The lowest BCUT2D eigenvalue weighted by Gasteiger charge is -2.31. The molecular weight excluding hydrogens is 270 g/mol. The molecule has 21 heavy (non-hydrogen) atoms. The molecule has 0 aromatic carbocycles. The van der Waals surface area contributed by atoms with E-state index in [0.717, 1.165) is 18.6 Å². The van der Waals surface area contributed by atoms with Crippen molar-refractivity contribution in [2.24, 2.45) is 0 Å². The molecule has 1 aliphatic rings. The van der Waals surface area contributed by atoms with Crippen LogP contribution in [0.3, 0.4) is 0 Å². The van der Waals surface area contributed by atoms with E-state index in [4.69, 9.17) is 4.74 Å². The Morgan fingerprint density at radius 1 is 1.62 bits per heavy atom. The van der Waals surface area contributed by atoms with Gasteiger partial charge in [-0.3, -0.25) is 9.69 Å². The van der Waals surface area contributed by atoms with Crippen molar-refractivity contribution in [2.75, 3.05) is 26.2 Å². The van der Waals surface area contributed by atoms with Crippen LogP contribution < -0.4 is 5.32 Å². The predicted octanol–water partition coefficient (Wildman–Crippen LogP) is 0.295. The van der Waals surface area contributed by atoms with Crippen LogP contribution in [0.4, 0.5) is 0 Å². The van der Waals surface area contributed by atoms with E-state index in [2.05, 4.69) is 32.1 Å². The molecule has 112 valence electrons. The summed E-state index contributed by atoms with van der Waals surface area (Å²) in [7, 11) is 0. The maximum absolute atomic E-state index is 12.1. The number of ether oxygens (including phenoxy) is 1. The van der Waals surface area contributed by atoms with E-state index in [9.17, 15) is 4.79 Å². The first-order chi connectivity index (χ1) is 10.3. The summed E-state index contributed by atoms with van der Waals surface area (Å²) in [4.78, 5) is 26.0. The summed E-state index contributed by atoms with van der Waals surface area (Å²) < 4.78 is 5.52. The summed E-state index contributed by atoms with van der Waals surface area (Å²) in [5.41, 5.74) is 1.53. The second-order valence-electron chi connectivity index (χ2n) is 5.03. The number of rotatable bonds is 4. The summed E-state index contributed by atoms with van der Waals surface area (Å²) >= 11 is 0. The Morgan fingerprint density at radius 3 is 3.33 bits per heavy atom. The molecule has 2 N–H and O–H groups in total. The van der Waals surface area contributed by atoms with Gasteiger partial charge >= 0.3 is 0 Å². The molecule has 3 rings (SSSR count). The summed E-state index contributed by atoms with van der Waals surface area (Å²) in [6.07, 6.45) is 1.29. The highest BCUT2D eigenvalue weighted by Gasteiger charge is 2.25. The summed E-state index contributed by atoms with van der Waals surface area (Å²) in [6, 6.07) is 3.75. The molecule has 7 nitrogen and oxygen atoms in total. The Labute approximate surface area is 122 Å². The van der Waals surface area contributed by atoms with Crippen molar-refractivity contribution in [3.05, 3.63) is 24.2 Å². The SMILES string of the molecule is CCN1CCOC(C(=O)NCc2nc3ncccc3[nH]2)C1. The second kappa shape index (κ2) is 6.19. The summed E-state index contributed by atoms with van der Waals surface area (Å²) in [5, 5.41) is 2.86. The maximum Gasteiger partial charge on any atom is 0.250 e. The largest absolute Gasteiger partial charge is 0.366 e. The van der Waals surface area contributed by atoms with Crippen molar-refractivity contribution >= 4 is 17.1 Å². The van der Waals surface area contributed by atoms with E-state index >= 15 is 0 Å². The predicted molar refractivity (Wildman–Crippen MR) is 77.6 cm³/mol. The third-order valence-electron chi connectivity index (χ3n) is 3.63. The minimum atomic E-state index is -0.402. The molecule has 3 heterocycles. The average Bonchev–Trinajstić information content (AvgIpc) is 2.95. The van der Waals surface area contributed by atoms with E-state index in [1.54, 1.807) is 6.20 Å². The molecule has 1 fully saturated rings. The van der Waals surface area contributed by atoms with Crippen LogP contribution in [-0.4, -0.2) is 58.1 Å². The van der Waals surface area contributed by atoms with Crippen LogP contribution in [0, 0.1) is 0 Å². The maximum atomic E-state index is 12.1. The molecule has 1 atom stereocenters. The van der Waals surface area contributed by atoms with Crippen molar-refractivity contribution in [3.63, 3.8) is 0 Å². The number of nitrogens with one attached hydrogen (secondary N) is 2. The van der Waals surface area contributed by atoms with Gasteiger partial charge in [0.2, 0.25) is 0 Å². The van der Waals surface area contributed by atoms with Gasteiger partial charge in [0.25, 0.3) is 5.91 Å². The topological polar surface area (TPSA) is 83.1 Å². The molecule has 1 aliphatic heterocycles. The van der Waals surface area contributed by atoms with Crippen molar-refractivity contribution < 1.29 is 9.53 Å². The highest BCUT2D eigenvalue weighted by molar-refractivity contribution is 5.81. The highest BCUT2D eigenvalue weighted by Crippen LogP contribution is 2.08. The lowest BCUT2D eigenvalue weighted by atomic mass is 10.2. The normalized spacial score (nSPS) is 19.8. The average molecular weight is 289 g/mol. The fourth-order valence-corrected chi connectivity index (χ4v) is 2.41. The van der Waals surface area contributed by atoms with Gasteiger partial charge in [-0.2, -0.15) is 0 Å². The van der Waals surface area contributed by atoms with Crippen molar-refractivity contribution in [1.29, 1.82) is 0 Å². The van der Waals surface area contributed by atoms with Crippen LogP contribution in [-0.2, 0) is 16.1 Å². The molecule has 2 aromatic heterocycles. The van der Waals surface area contributed by atoms with E-state index in [1.165, 1.54) is 0 Å². The third-order valence-corrected chi connectivity index (χ3v) is 3.63. The van der Waals surface area contributed by atoms with Gasteiger partial charge in [-0.15, -0.1) is 0 Å². The first kappa shape index (κ1) is 14.0. The fourth-order valence-electron chi connectivity index (χ4n) is 2.41.